The minimum absolute atomic E-state index is 0.410. The van der Waals surface area contributed by atoms with Crippen LogP contribution in [0.4, 0.5) is 4.39 Å². The maximum atomic E-state index is 13.3. The SMILES string of the molecule is NC1(c2cccnc2F)CCCC1. The van der Waals surface area contributed by atoms with Crippen molar-refractivity contribution in [2.75, 3.05) is 0 Å². The van der Waals surface area contributed by atoms with E-state index in [1.165, 1.54) is 6.20 Å². The zero-order chi connectivity index (χ0) is 9.31. The zero-order valence-electron chi connectivity index (χ0n) is 7.46. The number of pyridine rings is 1. The van der Waals surface area contributed by atoms with Crippen molar-refractivity contribution >= 4 is 0 Å². The molecule has 1 aliphatic rings. The third kappa shape index (κ3) is 1.44. The van der Waals surface area contributed by atoms with E-state index in [0.29, 0.717) is 5.56 Å². The first-order valence-electron chi connectivity index (χ1n) is 4.62. The van der Waals surface area contributed by atoms with Crippen molar-refractivity contribution in [3.63, 3.8) is 0 Å². The van der Waals surface area contributed by atoms with Gasteiger partial charge < -0.3 is 5.73 Å². The van der Waals surface area contributed by atoms with Crippen molar-refractivity contribution in [2.45, 2.75) is 31.2 Å². The normalized spacial score (nSPS) is 20.5. The Morgan fingerprint density at radius 1 is 1.38 bits per heavy atom. The van der Waals surface area contributed by atoms with Crippen molar-refractivity contribution in [3.8, 4) is 0 Å². The van der Waals surface area contributed by atoms with Gasteiger partial charge in [-0.3, -0.25) is 0 Å². The average Bonchev–Trinajstić information content (AvgIpc) is 2.54. The van der Waals surface area contributed by atoms with Crippen LogP contribution in [0.2, 0.25) is 0 Å². The highest BCUT2D eigenvalue weighted by atomic mass is 19.1. The Morgan fingerprint density at radius 2 is 2.08 bits per heavy atom. The summed E-state index contributed by atoms with van der Waals surface area (Å²) in [7, 11) is 0. The molecule has 0 amide bonds. The molecule has 3 heteroatoms. The van der Waals surface area contributed by atoms with Gasteiger partial charge in [0.25, 0.3) is 0 Å². The molecule has 1 fully saturated rings. The molecule has 1 aliphatic carbocycles. The molecule has 1 aromatic rings. The second kappa shape index (κ2) is 3.07. The van der Waals surface area contributed by atoms with E-state index in [-0.39, 0.29) is 0 Å². The Morgan fingerprint density at radius 3 is 2.69 bits per heavy atom. The molecule has 0 saturated heterocycles. The van der Waals surface area contributed by atoms with Gasteiger partial charge in [-0.05, 0) is 18.9 Å². The number of rotatable bonds is 1. The number of aromatic nitrogens is 1. The summed E-state index contributed by atoms with van der Waals surface area (Å²) in [6, 6.07) is 3.49. The van der Waals surface area contributed by atoms with Crippen LogP contribution in [0.5, 0.6) is 0 Å². The number of hydrogen-bond acceptors (Lipinski definition) is 2. The van der Waals surface area contributed by atoms with E-state index in [2.05, 4.69) is 4.98 Å². The molecule has 0 unspecified atom stereocenters. The van der Waals surface area contributed by atoms with Gasteiger partial charge in [-0.25, -0.2) is 4.98 Å². The van der Waals surface area contributed by atoms with E-state index in [4.69, 9.17) is 5.73 Å². The summed E-state index contributed by atoms with van der Waals surface area (Å²) < 4.78 is 13.3. The van der Waals surface area contributed by atoms with Crippen molar-refractivity contribution in [1.29, 1.82) is 0 Å². The van der Waals surface area contributed by atoms with Gasteiger partial charge in [0, 0.05) is 17.3 Å². The molecule has 1 saturated carbocycles. The van der Waals surface area contributed by atoms with Crippen molar-refractivity contribution in [2.24, 2.45) is 5.73 Å². The minimum Gasteiger partial charge on any atom is -0.321 e. The van der Waals surface area contributed by atoms with Crippen LogP contribution >= 0.6 is 0 Å². The lowest BCUT2D eigenvalue weighted by molar-refractivity contribution is 0.423. The van der Waals surface area contributed by atoms with Gasteiger partial charge in [0.05, 0.1) is 0 Å². The van der Waals surface area contributed by atoms with Gasteiger partial charge in [0.2, 0.25) is 5.95 Å². The van der Waals surface area contributed by atoms with E-state index in [9.17, 15) is 4.39 Å². The first-order chi connectivity index (χ1) is 6.22. The lowest BCUT2D eigenvalue weighted by Gasteiger charge is -2.23. The van der Waals surface area contributed by atoms with Crippen LogP contribution in [0, 0.1) is 5.95 Å². The second-order valence-electron chi connectivity index (χ2n) is 3.71. The quantitative estimate of drug-likeness (QED) is 0.671. The molecule has 0 atom stereocenters. The summed E-state index contributed by atoms with van der Waals surface area (Å²) in [4.78, 5) is 3.62. The molecule has 0 aromatic carbocycles. The summed E-state index contributed by atoms with van der Waals surface area (Å²) >= 11 is 0. The fourth-order valence-electron chi connectivity index (χ4n) is 2.03. The molecule has 2 N–H and O–H groups in total. The molecule has 2 nitrogen and oxygen atoms in total. The predicted molar refractivity (Wildman–Crippen MR) is 48.5 cm³/mol. The molecule has 2 rings (SSSR count). The van der Waals surface area contributed by atoms with Crippen LogP contribution in [-0.2, 0) is 5.54 Å². The monoisotopic (exact) mass is 180 g/mol. The van der Waals surface area contributed by atoms with Gasteiger partial charge in [-0.2, -0.15) is 4.39 Å². The van der Waals surface area contributed by atoms with Gasteiger partial charge in [0.1, 0.15) is 0 Å². The average molecular weight is 180 g/mol. The highest BCUT2D eigenvalue weighted by molar-refractivity contribution is 5.22. The Bertz CT molecular complexity index is 306. The zero-order valence-corrected chi connectivity index (χ0v) is 7.46. The summed E-state index contributed by atoms with van der Waals surface area (Å²) in [6.07, 6.45) is 5.37. The predicted octanol–water partition coefficient (Wildman–Crippen LogP) is 1.95. The molecule has 13 heavy (non-hydrogen) atoms. The maximum absolute atomic E-state index is 13.3. The second-order valence-corrected chi connectivity index (χ2v) is 3.71. The third-order valence-corrected chi connectivity index (χ3v) is 2.79. The molecule has 0 aliphatic heterocycles. The first-order valence-corrected chi connectivity index (χ1v) is 4.62. The van der Waals surface area contributed by atoms with Crippen LogP contribution in [0.15, 0.2) is 18.3 Å². The third-order valence-electron chi connectivity index (χ3n) is 2.79. The summed E-state index contributed by atoms with van der Waals surface area (Å²) in [6.45, 7) is 0. The van der Waals surface area contributed by atoms with Crippen molar-refractivity contribution in [1.82, 2.24) is 4.98 Å². The van der Waals surface area contributed by atoms with Crippen LogP contribution in [0.1, 0.15) is 31.2 Å². The van der Waals surface area contributed by atoms with Crippen molar-refractivity contribution < 1.29 is 4.39 Å². The Kier molecular flexibility index (Phi) is 2.04. The number of nitrogens with zero attached hydrogens (tertiary/aromatic N) is 1. The highest BCUT2D eigenvalue weighted by Crippen LogP contribution is 2.36. The van der Waals surface area contributed by atoms with Crippen LogP contribution < -0.4 is 5.73 Å². The molecule has 0 bridgehead atoms. The summed E-state index contributed by atoms with van der Waals surface area (Å²) in [5.41, 5.74) is 6.22. The van der Waals surface area contributed by atoms with Gasteiger partial charge in [-0.15, -0.1) is 0 Å². The standard InChI is InChI=1S/C10H13FN2/c11-9-8(4-3-7-13-9)10(12)5-1-2-6-10/h3-4,7H,1-2,5-6,12H2. The number of hydrogen-bond donors (Lipinski definition) is 1. The first kappa shape index (κ1) is 8.63. The minimum atomic E-state index is -0.460. The lowest BCUT2D eigenvalue weighted by atomic mass is 9.90. The Hall–Kier alpha value is -0.960. The largest absolute Gasteiger partial charge is 0.321 e. The van der Waals surface area contributed by atoms with Crippen LogP contribution in [0.3, 0.4) is 0 Å². The summed E-state index contributed by atoms with van der Waals surface area (Å²) in [5.74, 6) is -0.410. The van der Waals surface area contributed by atoms with Crippen LogP contribution in [0.25, 0.3) is 0 Å². The fraction of sp³-hybridized carbons (Fsp3) is 0.500. The molecular weight excluding hydrogens is 167 g/mol. The van der Waals surface area contributed by atoms with E-state index in [1.807, 2.05) is 0 Å². The molecular formula is C10H13FN2. The van der Waals surface area contributed by atoms with Gasteiger partial charge in [-0.1, -0.05) is 18.9 Å². The number of nitrogens with two attached hydrogens (primary N) is 1. The van der Waals surface area contributed by atoms with Gasteiger partial charge in [0.15, 0.2) is 0 Å². The Balaban J connectivity index is 2.39. The van der Waals surface area contributed by atoms with E-state index >= 15 is 0 Å². The van der Waals surface area contributed by atoms with E-state index < -0.39 is 11.5 Å². The molecule has 0 radical (unpaired) electrons. The van der Waals surface area contributed by atoms with Gasteiger partial charge >= 0.3 is 0 Å². The van der Waals surface area contributed by atoms with E-state index in [1.54, 1.807) is 12.1 Å². The molecule has 1 aromatic heterocycles. The topological polar surface area (TPSA) is 38.9 Å². The lowest BCUT2D eigenvalue weighted by Crippen LogP contribution is -2.34. The maximum Gasteiger partial charge on any atom is 0.217 e. The van der Waals surface area contributed by atoms with E-state index in [0.717, 1.165) is 25.7 Å². The molecule has 70 valence electrons. The number of halogens is 1. The highest BCUT2D eigenvalue weighted by Gasteiger charge is 2.33. The summed E-state index contributed by atoms with van der Waals surface area (Å²) in [5, 5.41) is 0. The van der Waals surface area contributed by atoms with Crippen LogP contribution in [-0.4, -0.2) is 4.98 Å². The fourth-order valence-corrected chi connectivity index (χ4v) is 2.03. The Labute approximate surface area is 77.0 Å². The molecule has 1 heterocycles. The molecule has 0 spiro atoms. The smallest absolute Gasteiger partial charge is 0.217 e. The van der Waals surface area contributed by atoms with Crippen molar-refractivity contribution in [3.05, 3.63) is 29.8 Å².